The van der Waals surface area contributed by atoms with Crippen molar-refractivity contribution >= 4 is 81.3 Å². The largest absolute Gasteiger partial charge is 0.455 e. The third-order valence-electron chi connectivity index (χ3n) is 13.1. The highest BCUT2D eigenvalue weighted by atomic mass is 32.1. The van der Waals surface area contributed by atoms with E-state index in [0.717, 1.165) is 44.6 Å². The van der Waals surface area contributed by atoms with Gasteiger partial charge in [-0.3, -0.25) is 0 Å². The van der Waals surface area contributed by atoms with E-state index in [1.807, 2.05) is 11.3 Å². The van der Waals surface area contributed by atoms with E-state index in [9.17, 15) is 0 Å². The van der Waals surface area contributed by atoms with Crippen LogP contribution in [0, 0.1) is 0 Å². The van der Waals surface area contributed by atoms with Gasteiger partial charge in [0.15, 0.2) is 0 Å². The fraction of sp³-hybridized carbons (Fsp3) is 0.0169. The summed E-state index contributed by atoms with van der Waals surface area (Å²) in [5.74, 6) is 0. The Morgan fingerprint density at radius 3 is 1.81 bits per heavy atom. The number of hydrogen-bond donors (Lipinski definition) is 0. The fourth-order valence-electron chi connectivity index (χ4n) is 10.5. The zero-order chi connectivity index (χ0) is 40.8. The van der Waals surface area contributed by atoms with E-state index in [1.54, 1.807) is 0 Å². The molecule has 3 heteroatoms. The van der Waals surface area contributed by atoms with Gasteiger partial charge in [-0.05, 0) is 92.7 Å². The minimum Gasteiger partial charge on any atom is -0.455 e. The number of anilines is 3. The molecule has 62 heavy (non-hydrogen) atoms. The fourth-order valence-corrected chi connectivity index (χ4v) is 11.7. The Bertz CT molecular complexity index is 3660. The van der Waals surface area contributed by atoms with Crippen LogP contribution >= 0.6 is 11.3 Å². The first-order valence-electron chi connectivity index (χ1n) is 21.2. The van der Waals surface area contributed by atoms with Gasteiger partial charge >= 0.3 is 0 Å². The lowest BCUT2D eigenvalue weighted by atomic mass is 9.67. The summed E-state index contributed by atoms with van der Waals surface area (Å²) < 4.78 is 9.75. The summed E-state index contributed by atoms with van der Waals surface area (Å²) in [4.78, 5) is 2.38. The van der Waals surface area contributed by atoms with Gasteiger partial charge in [0.05, 0.1) is 5.41 Å². The SMILES string of the molecule is c1ccc(N(c2ccc3c(c2)C(c2ccccc2)(c2ccccc2)c2ccccc2-3)c2ccc3c(c2)oc2c(-c4cccc5c4sc4ccccc45)c4ccccc4cc23)cc1. The number of benzene rings is 10. The van der Waals surface area contributed by atoms with Crippen LogP contribution in [0.1, 0.15) is 22.3 Å². The maximum atomic E-state index is 7.17. The summed E-state index contributed by atoms with van der Waals surface area (Å²) in [6, 6.07) is 82.0. The summed E-state index contributed by atoms with van der Waals surface area (Å²) in [5, 5.41) is 7.18. The average Bonchev–Trinajstić information content (AvgIpc) is 4.00. The Labute approximate surface area is 363 Å². The Kier molecular flexibility index (Phi) is 7.72. The Hall–Kier alpha value is -7.72. The average molecular weight is 808 g/mol. The van der Waals surface area contributed by atoms with Crippen molar-refractivity contribution in [2.45, 2.75) is 5.41 Å². The summed E-state index contributed by atoms with van der Waals surface area (Å²) >= 11 is 1.86. The molecular formula is C59H37NOS. The van der Waals surface area contributed by atoms with Gasteiger partial charge in [0.1, 0.15) is 11.2 Å². The molecule has 1 aliphatic rings. The number of para-hydroxylation sites is 1. The lowest BCUT2D eigenvalue weighted by Gasteiger charge is -2.35. The van der Waals surface area contributed by atoms with E-state index in [1.165, 1.54) is 69.9 Å². The highest BCUT2D eigenvalue weighted by molar-refractivity contribution is 7.26. The van der Waals surface area contributed by atoms with Crippen molar-refractivity contribution in [3.8, 4) is 22.3 Å². The number of fused-ring (bicyclic) bond motifs is 10. The van der Waals surface area contributed by atoms with E-state index >= 15 is 0 Å². The molecule has 12 aromatic rings. The molecular weight excluding hydrogens is 771 g/mol. The number of hydrogen-bond acceptors (Lipinski definition) is 3. The molecule has 0 saturated heterocycles. The maximum absolute atomic E-state index is 7.17. The van der Waals surface area contributed by atoms with Crippen LogP contribution in [-0.2, 0) is 5.41 Å². The van der Waals surface area contributed by atoms with Crippen molar-refractivity contribution < 1.29 is 4.42 Å². The van der Waals surface area contributed by atoms with Crippen LogP contribution in [0.15, 0.2) is 229 Å². The van der Waals surface area contributed by atoms with Gasteiger partial charge in [-0.2, -0.15) is 0 Å². The first kappa shape index (κ1) is 35.1. The van der Waals surface area contributed by atoms with Crippen LogP contribution in [-0.4, -0.2) is 0 Å². The number of nitrogens with zero attached hydrogens (tertiary/aromatic N) is 1. The summed E-state index contributed by atoms with van der Waals surface area (Å²) in [5.41, 5.74) is 14.4. The Balaban J connectivity index is 1.04. The van der Waals surface area contributed by atoms with Crippen LogP contribution in [0.3, 0.4) is 0 Å². The topological polar surface area (TPSA) is 16.4 Å². The molecule has 0 radical (unpaired) electrons. The molecule has 0 spiro atoms. The van der Waals surface area contributed by atoms with Crippen molar-refractivity contribution in [2.24, 2.45) is 0 Å². The lowest BCUT2D eigenvalue weighted by molar-refractivity contribution is 0.670. The maximum Gasteiger partial charge on any atom is 0.143 e. The van der Waals surface area contributed by atoms with Crippen molar-refractivity contribution in [3.05, 3.63) is 247 Å². The van der Waals surface area contributed by atoms with E-state index < -0.39 is 5.41 Å². The van der Waals surface area contributed by atoms with Crippen molar-refractivity contribution in [1.29, 1.82) is 0 Å². The van der Waals surface area contributed by atoms with Gasteiger partial charge in [0.2, 0.25) is 0 Å². The number of furan rings is 1. The standard InChI is InChI=1S/C59H37NOS/c1-4-18-39(19-5-1)59(40-20-6-2-7-21-40)52-29-14-12-25-45(52)46-33-31-42(36-53(46)59)60(41-22-8-3-9-23-41)43-32-34-47-51-35-38-17-10-11-24-44(38)56(57(51)61-54(47)37-43)50-28-16-27-49-48-26-13-15-30-55(48)62-58(49)50/h1-37H. The second kappa shape index (κ2) is 13.7. The molecule has 0 saturated carbocycles. The third kappa shape index (κ3) is 5.03. The molecule has 0 atom stereocenters. The molecule has 0 N–H and O–H groups in total. The molecule has 2 aromatic heterocycles. The monoisotopic (exact) mass is 807 g/mol. The second-order valence-corrected chi connectivity index (χ2v) is 17.4. The highest BCUT2D eigenvalue weighted by Crippen LogP contribution is 2.57. The third-order valence-corrected chi connectivity index (χ3v) is 14.3. The zero-order valence-corrected chi connectivity index (χ0v) is 34.4. The molecule has 2 nitrogen and oxygen atoms in total. The molecule has 0 unspecified atom stereocenters. The molecule has 0 amide bonds. The molecule has 2 heterocycles. The molecule has 10 aromatic carbocycles. The van der Waals surface area contributed by atoms with Crippen LogP contribution < -0.4 is 4.90 Å². The predicted octanol–water partition coefficient (Wildman–Crippen LogP) is 16.6. The number of thiophene rings is 1. The van der Waals surface area contributed by atoms with Crippen LogP contribution in [0.2, 0.25) is 0 Å². The van der Waals surface area contributed by atoms with Gasteiger partial charge in [-0.1, -0.05) is 170 Å². The summed E-state index contributed by atoms with van der Waals surface area (Å²) in [6.07, 6.45) is 0. The minimum atomic E-state index is -0.509. The van der Waals surface area contributed by atoms with E-state index in [4.69, 9.17) is 4.42 Å². The first-order chi connectivity index (χ1) is 30.8. The van der Waals surface area contributed by atoms with Crippen molar-refractivity contribution in [2.75, 3.05) is 4.90 Å². The van der Waals surface area contributed by atoms with Gasteiger partial charge in [-0.15, -0.1) is 11.3 Å². The molecule has 0 bridgehead atoms. The normalized spacial score (nSPS) is 13.0. The Morgan fingerprint density at radius 2 is 1.00 bits per heavy atom. The van der Waals surface area contributed by atoms with Gasteiger partial charge in [-0.25, -0.2) is 0 Å². The number of rotatable bonds is 6. The van der Waals surface area contributed by atoms with E-state index in [0.29, 0.717) is 0 Å². The zero-order valence-electron chi connectivity index (χ0n) is 33.6. The Morgan fingerprint density at radius 1 is 0.387 bits per heavy atom. The van der Waals surface area contributed by atoms with Crippen molar-refractivity contribution in [3.63, 3.8) is 0 Å². The molecule has 0 aliphatic heterocycles. The van der Waals surface area contributed by atoms with E-state index in [2.05, 4.69) is 229 Å². The van der Waals surface area contributed by atoms with Gasteiger partial charge in [0, 0.05) is 65.2 Å². The summed E-state index contributed by atoms with van der Waals surface area (Å²) in [6.45, 7) is 0. The lowest BCUT2D eigenvalue weighted by Crippen LogP contribution is -2.28. The smallest absolute Gasteiger partial charge is 0.143 e. The second-order valence-electron chi connectivity index (χ2n) is 16.3. The predicted molar refractivity (Wildman–Crippen MR) is 262 cm³/mol. The molecule has 290 valence electrons. The quantitative estimate of drug-likeness (QED) is 0.166. The van der Waals surface area contributed by atoms with Gasteiger partial charge < -0.3 is 9.32 Å². The van der Waals surface area contributed by atoms with Gasteiger partial charge in [0.25, 0.3) is 0 Å². The first-order valence-corrected chi connectivity index (χ1v) is 22.1. The molecule has 13 rings (SSSR count). The van der Waals surface area contributed by atoms with Crippen LogP contribution in [0.4, 0.5) is 17.1 Å². The van der Waals surface area contributed by atoms with Crippen molar-refractivity contribution in [1.82, 2.24) is 0 Å². The van der Waals surface area contributed by atoms with Crippen LogP contribution in [0.25, 0.3) is 75.1 Å². The molecule has 0 fully saturated rings. The highest BCUT2D eigenvalue weighted by Gasteiger charge is 2.46. The van der Waals surface area contributed by atoms with E-state index in [-0.39, 0.29) is 0 Å². The minimum absolute atomic E-state index is 0.509. The van der Waals surface area contributed by atoms with Crippen LogP contribution in [0.5, 0.6) is 0 Å². The molecule has 1 aliphatic carbocycles. The summed E-state index contributed by atoms with van der Waals surface area (Å²) in [7, 11) is 0.